The minimum absolute atomic E-state index is 0.00342. The summed E-state index contributed by atoms with van der Waals surface area (Å²) in [4.78, 5) is 45.7. The van der Waals surface area contributed by atoms with Crippen LogP contribution in [0.25, 0.3) is 0 Å². The number of piperidine rings is 1. The largest absolute Gasteiger partial charge is 0.466 e. The molecular formula is C26H46N4O6. The summed E-state index contributed by atoms with van der Waals surface area (Å²) < 4.78 is 16.0. The molecule has 0 spiro atoms. The van der Waals surface area contributed by atoms with E-state index in [0.717, 1.165) is 45.6 Å². The molecule has 0 N–H and O–H groups in total. The highest BCUT2D eigenvalue weighted by atomic mass is 16.6. The fraction of sp³-hybridized carbons (Fsp3) is 0.885. The van der Waals surface area contributed by atoms with Crippen molar-refractivity contribution in [1.29, 1.82) is 0 Å². The summed E-state index contributed by atoms with van der Waals surface area (Å²) in [5.74, 6) is -0.245. The third kappa shape index (κ3) is 8.05. The number of likely N-dealkylation sites (tertiary alicyclic amines) is 1. The molecule has 3 aliphatic heterocycles. The number of nitrogens with zero attached hydrogens (tertiary/aromatic N) is 4. The van der Waals surface area contributed by atoms with E-state index in [4.69, 9.17) is 14.2 Å². The van der Waals surface area contributed by atoms with E-state index in [9.17, 15) is 14.4 Å². The lowest BCUT2D eigenvalue weighted by Crippen LogP contribution is -2.54. The Bertz CT molecular complexity index is 741. The molecule has 2 unspecified atom stereocenters. The highest BCUT2D eigenvalue weighted by molar-refractivity contribution is 5.82. The molecule has 0 bridgehead atoms. The Kier molecular flexibility index (Phi) is 10.4. The first-order valence-corrected chi connectivity index (χ1v) is 13.6. The third-order valence-electron chi connectivity index (χ3n) is 7.53. The van der Waals surface area contributed by atoms with Crippen molar-refractivity contribution >= 4 is 18.0 Å². The molecule has 1 amide bonds. The number of amides is 1. The molecule has 36 heavy (non-hydrogen) atoms. The SMILES string of the molecule is CCOC(=O)CC(C(=O)OCC)N1CCN(CC2CN(CC3CCN(C(C)(C)C)CC3)C(=O)O2)CC1. The Labute approximate surface area is 216 Å². The number of carbonyl (C=O) groups excluding carboxylic acids is 3. The average Bonchev–Trinajstić information content (AvgIpc) is 3.16. The number of ether oxygens (including phenoxy) is 3. The van der Waals surface area contributed by atoms with Crippen LogP contribution >= 0.6 is 0 Å². The van der Waals surface area contributed by atoms with Gasteiger partial charge in [-0.15, -0.1) is 0 Å². The maximum absolute atomic E-state index is 12.5. The van der Waals surface area contributed by atoms with Gasteiger partial charge in [0.05, 0.1) is 26.2 Å². The van der Waals surface area contributed by atoms with Crippen LogP contribution in [0.2, 0.25) is 0 Å². The molecule has 2 atom stereocenters. The van der Waals surface area contributed by atoms with Gasteiger partial charge in [-0.1, -0.05) is 0 Å². The lowest BCUT2D eigenvalue weighted by Gasteiger charge is -2.41. The fourth-order valence-corrected chi connectivity index (χ4v) is 5.44. The quantitative estimate of drug-likeness (QED) is 0.322. The lowest BCUT2D eigenvalue weighted by atomic mass is 9.92. The zero-order valence-electron chi connectivity index (χ0n) is 22.9. The average molecular weight is 511 g/mol. The zero-order valence-corrected chi connectivity index (χ0v) is 22.9. The second-order valence-corrected chi connectivity index (χ2v) is 11.1. The van der Waals surface area contributed by atoms with Gasteiger partial charge in [-0.05, 0) is 66.5 Å². The summed E-state index contributed by atoms with van der Waals surface area (Å²) in [6.45, 7) is 17.8. The minimum Gasteiger partial charge on any atom is -0.466 e. The van der Waals surface area contributed by atoms with Gasteiger partial charge in [0.15, 0.2) is 0 Å². The molecule has 0 aliphatic carbocycles. The first-order valence-electron chi connectivity index (χ1n) is 13.6. The predicted octanol–water partition coefficient (Wildman–Crippen LogP) is 1.82. The molecule has 10 heteroatoms. The van der Waals surface area contributed by atoms with E-state index >= 15 is 0 Å². The van der Waals surface area contributed by atoms with Gasteiger partial charge in [-0.3, -0.25) is 24.3 Å². The normalized spacial score (nSPS) is 24.0. The fourth-order valence-electron chi connectivity index (χ4n) is 5.44. The summed E-state index contributed by atoms with van der Waals surface area (Å²) in [5, 5.41) is 0. The third-order valence-corrected chi connectivity index (χ3v) is 7.53. The molecule has 3 rings (SSSR count). The predicted molar refractivity (Wildman–Crippen MR) is 136 cm³/mol. The zero-order chi connectivity index (χ0) is 26.3. The van der Waals surface area contributed by atoms with E-state index in [1.54, 1.807) is 13.8 Å². The lowest BCUT2D eigenvalue weighted by molar-refractivity contribution is -0.157. The topological polar surface area (TPSA) is 91.9 Å². The van der Waals surface area contributed by atoms with Crippen molar-refractivity contribution in [2.24, 2.45) is 5.92 Å². The number of hydrogen-bond donors (Lipinski definition) is 0. The number of esters is 2. The van der Waals surface area contributed by atoms with Crippen LogP contribution in [0.3, 0.4) is 0 Å². The van der Waals surface area contributed by atoms with Gasteiger partial charge >= 0.3 is 18.0 Å². The van der Waals surface area contributed by atoms with Crippen LogP contribution in [0.15, 0.2) is 0 Å². The summed E-state index contributed by atoms with van der Waals surface area (Å²) in [6, 6.07) is -0.629. The second-order valence-electron chi connectivity index (χ2n) is 11.1. The van der Waals surface area contributed by atoms with Gasteiger partial charge in [-0.2, -0.15) is 0 Å². The van der Waals surface area contributed by atoms with Gasteiger partial charge in [0.2, 0.25) is 0 Å². The Hall–Kier alpha value is -1.91. The van der Waals surface area contributed by atoms with Crippen LogP contribution in [0.5, 0.6) is 0 Å². The van der Waals surface area contributed by atoms with Crippen molar-refractivity contribution in [2.45, 2.75) is 71.6 Å². The number of piperazine rings is 1. The Morgan fingerprint density at radius 3 is 2.19 bits per heavy atom. The van der Waals surface area contributed by atoms with E-state index in [0.29, 0.717) is 32.1 Å². The van der Waals surface area contributed by atoms with E-state index in [-0.39, 0.29) is 49.3 Å². The monoisotopic (exact) mass is 510 g/mol. The highest BCUT2D eigenvalue weighted by Gasteiger charge is 2.37. The Morgan fingerprint density at radius 2 is 1.61 bits per heavy atom. The van der Waals surface area contributed by atoms with Crippen molar-refractivity contribution in [1.82, 2.24) is 19.6 Å². The summed E-state index contributed by atoms with van der Waals surface area (Å²) in [7, 11) is 0. The molecule has 10 nitrogen and oxygen atoms in total. The molecule has 0 aromatic carbocycles. The summed E-state index contributed by atoms with van der Waals surface area (Å²) in [5.41, 5.74) is 0.196. The van der Waals surface area contributed by atoms with Gasteiger partial charge in [0, 0.05) is 44.8 Å². The molecule has 0 aromatic rings. The molecule has 0 aromatic heterocycles. The maximum Gasteiger partial charge on any atom is 0.410 e. The van der Waals surface area contributed by atoms with Gasteiger partial charge in [-0.25, -0.2) is 4.79 Å². The number of rotatable bonds is 10. The van der Waals surface area contributed by atoms with Crippen molar-refractivity contribution < 1.29 is 28.6 Å². The van der Waals surface area contributed by atoms with Crippen LogP contribution in [-0.4, -0.2) is 127 Å². The van der Waals surface area contributed by atoms with Crippen molar-refractivity contribution in [2.75, 3.05) is 72.1 Å². The van der Waals surface area contributed by atoms with Crippen LogP contribution in [0.1, 0.15) is 53.9 Å². The molecular weight excluding hydrogens is 464 g/mol. The Balaban J connectivity index is 1.43. The molecule has 3 saturated heterocycles. The van der Waals surface area contributed by atoms with E-state index < -0.39 is 6.04 Å². The van der Waals surface area contributed by atoms with Crippen LogP contribution < -0.4 is 0 Å². The minimum atomic E-state index is -0.629. The van der Waals surface area contributed by atoms with Crippen LogP contribution in [-0.2, 0) is 23.8 Å². The van der Waals surface area contributed by atoms with Crippen LogP contribution in [0.4, 0.5) is 4.79 Å². The smallest absolute Gasteiger partial charge is 0.410 e. The number of cyclic esters (lactones) is 1. The molecule has 3 heterocycles. The first-order chi connectivity index (χ1) is 17.1. The second kappa shape index (κ2) is 13.1. The molecule has 3 aliphatic rings. The number of hydrogen-bond acceptors (Lipinski definition) is 9. The van der Waals surface area contributed by atoms with Gasteiger partial charge in [0.25, 0.3) is 0 Å². The first kappa shape index (κ1) is 28.7. The van der Waals surface area contributed by atoms with E-state index in [2.05, 4.69) is 30.6 Å². The van der Waals surface area contributed by atoms with Gasteiger partial charge < -0.3 is 19.1 Å². The molecule has 0 saturated carbocycles. The number of carbonyl (C=O) groups is 3. The molecule has 206 valence electrons. The maximum atomic E-state index is 12.5. The van der Waals surface area contributed by atoms with E-state index in [1.165, 1.54) is 0 Å². The van der Waals surface area contributed by atoms with Crippen molar-refractivity contribution in [3.63, 3.8) is 0 Å². The van der Waals surface area contributed by atoms with Crippen molar-refractivity contribution in [3.05, 3.63) is 0 Å². The van der Waals surface area contributed by atoms with Gasteiger partial charge in [0.1, 0.15) is 12.1 Å². The standard InChI is InChI=1S/C26H46N4O6/c1-6-34-23(31)16-22(24(32)35-7-2)28-14-12-27(13-15-28)18-21-19-29(25(33)36-21)17-20-8-10-30(11-9-20)26(3,4)5/h20-22H,6-19H2,1-5H3. The molecule has 3 fully saturated rings. The summed E-state index contributed by atoms with van der Waals surface area (Å²) >= 11 is 0. The highest BCUT2D eigenvalue weighted by Crippen LogP contribution is 2.26. The summed E-state index contributed by atoms with van der Waals surface area (Å²) in [6.07, 6.45) is 1.88. The molecule has 0 radical (unpaired) electrons. The van der Waals surface area contributed by atoms with Crippen molar-refractivity contribution in [3.8, 4) is 0 Å². The van der Waals surface area contributed by atoms with Crippen LogP contribution in [0, 0.1) is 5.92 Å². The Morgan fingerprint density at radius 1 is 0.972 bits per heavy atom. The van der Waals surface area contributed by atoms with E-state index in [1.807, 2.05) is 9.80 Å².